The number of H-pyrrole nitrogens is 1. The van der Waals surface area contributed by atoms with Crippen LogP contribution in [-0.4, -0.2) is 46.8 Å². The SMILES string of the molecule is CNC(=O)c1[nH]c(C2CCN(C(=O)C(C)c3ccc(C)cc3)CC2)nc1-c1ccc(F)cc1. The van der Waals surface area contributed by atoms with Crippen LogP contribution in [0.4, 0.5) is 4.39 Å². The van der Waals surface area contributed by atoms with Gasteiger partial charge in [-0.1, -0.05) is 29.8 Å². The van der Waals surface area contributed by atoms with E-state index in [4.69, 9.17) is 4.98 Å². The molecule has 1 saturated heterocycles. The van der Waals surface area contributed by atoms with Gasteiger partial charge in [-0.25, -0.2) is 9.37 Å². The molecule has 1 aliphatic heterocycles. The lowest BCUT2D eigenvalue weighted by atomic mass is 9.93. The summed E-state index contributed by atoms with van der Waals surface area (Å²) in [5, 5.41) is 2.64. The van der Waals surface area contributed by atoms with E-state index in [1.165, 1.54) is 17.7 Å². The Morgan fingerprint density at radius 2 is 1.73 bits per heavy atom. The number of amides is 2. The Kier molecular flexibility index (Phi) is 6.58. The average Bonchev–Trinajstić information content (AvgIpc) is 3.29. The van der Waals surface area contributed by atoms with E-state index in [9.17, 15) is 14.0 Å². The van der Waals surface area contributed by atoms with Crippen molar-refractivity contribution in [3.05, 3.63) is 77.0 Å². The number of carbonyl (C=O) groups is 2. The summed E-state index contributed by atoms with van der Waals surface area (Å²) in [4.78, 5) is 35.3. The highest BCUT2D eigenvalue weighted by atomic mass is 19.1. The van der Waals surface area contributed by atoms with Gasteiger partial charge in [0.05, 0.1) is 5.92 Å². The lowest BCUT2D eigenvalue weighted by Gasteiger charge is -2.33. The molecular weight excluding hydrogens is 419 g/mol. The first kappa shape index (κ1) is 22.7. The van der Waals surface area contributed by atoms with Crippen molar-refractivity contribution >= 4 is 11.8 Å². The number of nitrogens with one attached hydrogen (secondary N) is 2. The van der Waals surface area contributed by atoms with E-state index >= 15 is 0 Å². The van der Waals surface area contributed by atoms with Crippen molar-refractivity contribution in [2.45, 2.75) is 38.5 Å². The Hall–Kier alpha value is -3.48. The fourth-order valence-electron chi connectivity index (χ4n) is 4.34. The summed E-state index contributed by atoms with van der Waals surface area (Å²) < 4.78 is 13.4. The summed E-state index contributed by atoms with van der Waals surface area (Å²) in [6.07, 6.45) is 1.52. The molecule has 4 rings (SSSR count). The van der Waals surface area contributed by atoms with Crippen LogP contribution >= 0.6 is 0 Å². The molecule has 33 heavy (non-hydrogen) atoms. The number of rotatable bonds is 5. The van der Waals surface area contributed by atoms with E-state index in [2.05, 4.69) is 10.3 Å². The zero-order valence-corrected chi connectivity index (χ0v) is 19.2. The van der Waals surface area contributed by atoms with Crippen LogP contribution in [0.1, 0.15) is 59.0 Å². The molecule has 2 amide bonds. The zero-order valence-electron chi connectivity index (χ0n) is 19.2. The van der Waals surface area contributed by atoms with E-state index in [0.29, 0.717) is 30.0 Å². The summed E-state index contributed by atoms with van der Waals surface area (Å²) in [6, 6.07) is 14.1. The first-order valence-corrected chi connectivity index (χ1v) is 11.3. The van der Waals surface area contributed by atoms with Crippen molar-refractivity contribution in [1.82, 2.24) is 20.2 Å². The van der Waals surface area contributed by atoms with Crippen molar-refractivity contribution in [3.8, 4) is 11.3 Å². The molecule has 0 bridgehead atoms. The third-order valence-electron chi connectivity index (χ3n) is 6.44. The Bertz CT molecular complexity index is 1130. The van der Waals surface area contributed by atoms with Gasteiger partial charge in [-0.2, -0.15) is 0 Å². The van der Waals surface area contributed by atoms with Crippen LogP contribution in [0.2, 0.25) is 0 Å². The van der Waals surface area contributed by atoms with Gasteiger partial charge in [-0.3, -0.25) is 9.59 Å². The van der Waals surface area contributed by atoms with Crippen LogP contribution in [0, 0.1) is 12.7 Å². The van der Waals surface area contributed by atoms with Gasteiger partial charge in [0.2, 0.25) is 5.91 Å². The third kappa shape index (κ3) is 4.82. The van der Waals surface area contributed by atoms with Gasteiger partial charge in [0.25, 0.3) is 5.91 Å². The van der Waals surface area contributed by atoms with Gasteiger partial charge in [0.15, 0.2) is 0 Å². The number of hydrogen-bond acceptors (Lipinski definition) is 3. The monoisotopic (exact) mass is 448 g/mol. The number of benzene rings is 2. The van der Waals surface area contributed by atoms with Crippen molar-refractivity contribution in [2.24, 2.45) is 0 Å². The van der Waals surface area contributed by atoms with E-state index in [1.54, 1.807) is 19.2 Å². The van der Waals surface area contributed by atoms with Crippen molar-refractivity contribution in [2.75, 3.05) is 20.1 Å². The van der Waals surface area contributed by atoms with E-state index < -0.39 is 0 Å². The third-order valence-corrected chi connectivity index (χ3v) is 6.44. The number of piperidine rings is 1. The molecule has 0 aliphatic carbocycles. The molecule has 1 fully saturated rings. The second-order valence-electron chi connectivity index (χ2n) is 8.66. The summed E-state index contributed by atoms with van der Waals surface area (Å²) in [5.41, 5.74) is 3.75. The number of likely N-dealkylation sites (tertiary alicyclic amines) is 1. The average molecular weight is 449 g/mol. The molecule has 2 heterocycles. The summed E-state index contributed by atoms with van der Waals surface area (Å²) in [5.74, 6) is 0.180. The molecule has 6 nitrogen and oxygen atoms in total. The number of nitrogens with zero attached hydrogens (tertiary/aromatic N) is 2. The maximum Gasteiger partial charge on any atom is 0.269 e. The number of aromatic nitrogens is 2. The number of carbonyl (C=O) groups excluding carboxylic acids is 2. The molecule has 1 unspecified atom stereocenters. The molecule has 1 aromatic heterocycles. The topological polar surface area (TPSA) is 78.1 Å². The highest BCUT2D eigenvalue weighted by molar-refractivity contribution is 5.98. The predicted octanol–water partition coefficient (Wildman–Crippen LogP) is 4.39. The second kappa shape index (κ2) is 9.57. The van der Waals surface area contributed by atoms with Crippen LogP contribution in [0.5, 0.6) is 0 Å². The van der Waals surface area contributed by atoms with Crippen LogP contribution < -0.4 is 5.32 Å². The van der Waals surface area contributed by atoms with E-state index in [0.717, 1.165) is 24.2 Å². The second-order valence-corrected chi connectivity index (χ2v) is 8.66. The highest BCUT2D eigenvalue weighted by Gasteiger charge is 2.30. The van der Waals surface area contributed by atoms with Gasteiger partial charge < -0.3 is 15.2 Å². The van der Waals surface area contributed by atoms with Crippen LogP contribution in [-0.2, 0) is 4.79 Å². The minimum Gasteiger partial charge on any atom is -0.354 e. The standard InChI is InChI=1S/C26H29FN4O2/c1-16-4-6-18(7-5-16)17(2)26(33)31-14-12-20(13-15-31)24-29-22(23(30-24)25(32)28-3)19-8-10-21(27)11-9-19/h4-11,17,20H,12-15H2,1-3H3,(H,28,32)(H,29,30). The van der Waals surface area contributed by atoms with Gasteiger partial charge in [-0.05, 0) is 56.5 Å². The number of hydrogen-bond donors (Lipinski definition) is 2. The van der Waals surface area contributed by atoms with Gasteiger partial charge in [0.1, 0.15) is 23.0 Å². The maximum absolute atomic E-state index is 13.4. The molecule has 1 atom stereocenters. The highest BCUT2D eigenvalue weighted by Crippen LogP contribution is 2.31. The fraction of sp³-hybridized carbons (Fsp3) is 0.346. The van der Waals surface area contributed by atoms with Gasteiger partial charge >= 0.3 is 0 Å². The van der Waals surface area contributed by atoms with Crippen LogP contribution in [0.15, 0.2) is 48.5 Å². The zero-order chi connectivity index (χ0) is 23.5. The molecule has 3 aromatic rings. The molecule has 0 radical (unpaired) electrons. The molecular formula is C26H29FN4O2. The summed E-state index contributed by atoms with van der Waals surface area (Å²) >= 11 is 0. The van der Waals surface area contributed by atoms with Gasteiger partial charge in [-0.15, -0.1) is 0 Å². The minimum absolute atomic E-state index is 0.112. The number of imidazole rings is 1. The van der Waals surface area contributed by atoms with Crippen LogP contribution in [0.3, 0.4) is 0 Å². The first-order chi connectivity index (χ1) is 15.9. The Balaban J connectivity index is 1.48. The fourth-order valence-corrected chi connectivity index (χ4v) is 4.34. The summed E-state index contributed by atoms with van der Waals surface area (Å²) in [7, 11) is 1.57. The molecule has 2 N–H and O–H groups in total. The van der Waals surface area contributed by atoms with Crippen molar-refractivity contribution in [1.29, 1.82) is 0 Å². The molecule has 1 aliphatic rings. The largest absolute Gasteiger partial charge is 0.354 e. The molecule has 172 valence electrons. The summed E-state index contributed by atoms with van der Waals surface area (Å²) in [6.45, 7) is 5.27. The molecule has 0 saturated carbocycles. The Labute approximate surface area is 193 Å². The molecule has 2 aromatic carbocycles. The van der Waals surface area contributed by atoms with E-state index in [1.807, 2.05) is 43.0 Å². The molecule has 7 heteroatoms. The Morgan fingerprint density at radius 1 is 1.09 bits per heavy atom. The predicted molar refractivity (Wildman–Crippen MR) is 126 cm³/mol. The molecule has 0 spiro atoms. The van der Waals surface area contributed by atoms with Gasteiger partial charge in [0, 0.05) is 31.6 Å². The van der Waals surface area contributed by atoms with Crippen molar-refractivity contribution < 1.29 is 14.0 Å². The quantitative estimate of drug-likeness (QED) is 0.608. The Morgan fingerprint density at radius 3 is 2.33 bits per heavy atom. The maximum atomic E-state index is 13.4. The lowest BCUT2D eigenvalue weighted by molar-refractivity contribution is -0.133. The normalized spacial score (nSPS) is 15.3. The van der Waals surface area contributed by atoms with Crippen LogP contribution in [0.25, 0.3) is 11.3 Å². The lowest BCUT2D eigenvalue weighted by Crippen LogP contribution is -2.40. The smallest absolute Gasteiger partial charge is 0.269 e. The number of aryl methyl sites for hydroxylation is 1. The number of halogens is 1. The number of aromatic amines is 1. The minimum atomic E-state index is -0.340. The first-order valence-electron chi connectivity index (χ1n) is 11.3. The van der Waals surface area contributed by atoms with E-state index in [-0.39, 0.29) is 29.5 Å². The van der Waals surface area contributed by atoms with Crippen molar-refractivity contribution in [3.63, 3.8) is 0 Å².